The van der Waals surface area contributed by atoms with E-state index >= 15 is 0 Å². The monoisotopic (exact) mass is 151 g/mol. The van der Waals surface area contributed by atoms with Crippen molar-refractivity contribution >= 4 is 6.34 Å². The lowest BCUT2D eigenvalue weighted by atomic mass is 10.8. The highest BCUT2D eigenvalue weighted by molar-refractivity contribution is 5.57. The highest BCUT2D eigenvalue weighted by atomic mass is 19.4. The molecule has 0 aliphatic carbocycles. The topological polar surface area (TPSA) is 18.8 Å². The smallest absolute Gasteiger partial charge is 0.332 e. The Bertz CT molecular complexity index is 152. The van der Waals surface area contributed by atoms with Crippen LogP contribution >= 0.6 is 0 Å². The van der Waals surface area contributed by atoms with E-state index in [9.17, 15) is 13.2 Å². The number of hydrogen-bond acceptors (Lipinski definition) is 3. The molecule has 0 aromatic heterocycles. The second kappa shape index (κ2) is 2.03. The predicted octanol–water partition coefficient (Wildman–Crippen LogP) is 0.693. The van der Waals surface area contributed by atoms with Crippen LogP contribution < -0.4 is 0 Å². The Hall–Kier alpha value is -0.940. The number of hydrazone groups is 1. The summed E-state index contributed by atoms with van der Waals surface area (Å²) >= 11 is 0. The van der Waals surface area contributed by atoms with Gasteiger partial charge in [-0.2, -0.15) is 10.1 Å². The Morgan fingerprint density at radius 3 is 2.30 bits per heavy atom. The molecule has 0 unspecified atom stereocenters. The van der Waals surface area contributed by atoms with E-state index in [0.29, 0.717) is 0 Å². The summed E-state index contributed by atoms with van der Waals surface area (Å²) < 4.78 is 35.0. The summed E-state index contributed by atoms with van der Waals surface area (Å²) in [6.07, 6.45) is -3.44. The van der Waals surface area contributed by atoms with Crippen molar-refractivity contribution in [1.29, 1.82) is 0 Å². The lowest BCUT2D eigenvalue weighted by molar-refractivity contribution is -0.235. The van der Waals surface area contributed by atoms with Gasteiger partial charge in [0.25, 0.3) is 0 Å². The van der Waals surface area contributed by atoms with E-state index in [2.05, 4.69) is 5.10 Å². The first-order valence-corrected chi connectivity index (χ1v) is 2.40. The van der Waals surface area contributed by atoms with Gasteiger partial charge in [-0.25, -0.2) is 0 Å². The Balaban J connectivity index is 2.55. The third-order valence-electron chi connectivity index (χ3n) is 0.833. The molecule has 0 N–H and O–H groups in total. The molecule has 1 aliphatic heterocycles. The van der Waals surface area contributed by atoms with E-state index in [-0.39, 0.29) is 5.01 Å². The minimum absolute atomic E-state index is 0.188. The van der Waals surface area contributed by atoms with Crippen molar-refractivity contribution in [2.75, 3.05) is 7.05 Å². The van der Waals surface area contributed by atoms with Crippen molar-refractivity contribution in [3.8, 4) is 0 Å². The third-order valence-corrected chi connectivity index (χ3v) is 0.833. The first-order valence-electron chi connectivity index (χ1n) is 2.40. The zero-order valence-electron chi connectivity index (χ0n) is 5.05. The molecule has 0 aromatic carbocycles. The molecular formula is C4H4F3N3. The maximum atomic E-state index is 11.7. The van der Waals surface area contributed by atoms with E-state index in [0.717, 1.165) is 11.2 Å². The van der Waals surface area contributed by atoms with Crippen LogP contribution in [-0.4, -0.2) is 29.6 Å². The minimum Gasteiger partial charge on any atom is -0.332 e. The number of nitrogens with zero attached hydrogens (tertiary/aromatic N) is 3. The summed E-state index contributed by atoms with van der Waals surface area (Å²) in [6.45, 7) is 1.91. The van der Waals surface area contributed by atoms with Crippen molar-refractivity contribution in [3.05, 3.63) is 6.67 Å². The van der Waals surface area contributed by atoms with E-state index < -0.39 is 6.30 Å². The van der Waals surface area contributed by atoms with Gasteiger partial charge in [-0.05, 0) is 0 Å². The molecule has 6 heteroatoms. The van der Waals surface area contributed by atoms with Gasteiger partial charge in [0.1, 0.15) is 6.34 Å². The third kappa shape index (κ3) is 1.31. The molecule has 2 radical (unpaired) electrons. The molecule has 1 heterocycles. The summed E-state index contributed by atoms with van der Waals surface area (Å²) in [5.74, 6) is 0. The first-order chi connectivity index (χ1) is 4.50. The van der Waals surface area contributed by atoms with Gasteiger partial charge in [-0.3, -0.25) is 0 Å². The molecule has 1 aliphatic rings. The standard InChI is InChI=1S/C4H4F3N3/c1-9-2-8-10(3-9)4(5,6)7/h2H,1H3. The largest absolute Gasteiger partial charge is 0.502 e. The zero-order chi connectivity index (χ0) is 7.78. The van der Waals surface area contributed by atoms with Crippen LogP contribution in [0, 0.1) is 6.67 Å². The highest BCUT2D eigenvalue weighted by Gasteiger charge is 2.40. The number of rotatable bonds is 0. The van der Waals surface area contributed by atoms with Crippen molar-refractivity contribution < 1.29 is 13.2 Å². The lowest BCUT2D eigenvalue weighted by Crippen LogP contribution is -2.31. The summed E-state index contributed by atoms with van der Waals surface area (Å²) in [5, 5.41) is 2.80. The fraction of sp³-hybridized carbons (Fsp3) is 0.500. The molecular weight excluding hydrogens is 147 g/mol. The van der Waals surface area contributed by atoms with E-state index in [1.165, 1.54) is 7.05 Å². The SMILES string of the molecule is CN1[C]N(C(F)(F)F)N=C1. The zero-order valence-corrected chi connectivity index (χ0v) is 5.05. The number of hydrogen-bond donors (Lipinski definition) is 0. The molecule has 10 heavy (non-hydrogen) atoms. The van der Waals surface area contributed by atoms with Gasteiger partial charge in [0.2, 0.25) is 6.67 Å². The second-order valence-electron chi connectivity index (χ2n) is 1.72. The summed E-state index contributed by atoms with van der Waals surface area (Å²) in [6, 6.07) is 0. The fourth-order valence-electron chi connectivity index (χ4n) is 0.452. The first kappa shape index (κ1) is 7.17. The van der Waals surface area contributed by atoms with Gasteiger partial charge in [-0.1, -0.05) is 0 Å². The molecule has 56 valence electrons. The Morgan fingerprint density at radius 1 is 1.50 bits per heavy atom. The van der Waals surface area contributed by atoms with Crippen LogP contribution in [0.5, 0.6) is 0 Å². The maximum absolute atomic E-state index is 11.7. The van der Waals surface area contributed by atoms with Crippen LogP contribution in [-0.2, 0) is 0 Å². The van der Waals surface area contributed by atoms with Gasteiger partial charge < -0.3 is 4.90 Å². The Kier molecular flexibility index (Phi) is 1.46. The molecule has 0 aromatic rings. The van der Waals surface area contributed by atoms with Crippen molar-refractivity contribution in [2.45, 2.75) is 6.30 Å². The van der Waals surface area contributed by atoms with E-state index in [1.54, 1.807) is 0 Å². The molecule has 0 amide bonds. The number of halogens is 3. The summed E-state index contributed by atoms with van der Waals surface area (Å²) in [7, 11) is 1.41. The van der Waals surface area contributed by atoms with Gasteiger partial charge in [0, 0.05) is 7.05 Å². The molecule has 0 spiro atoms. The van der Waals surface area contributed by atoms with Gasteiger partial charge in [0.15, 0.2) is 0 Å². The predicted molar refractivity (Wildman–Crippen MR) is 27.4 cm³/mol. The molecule has 0 saturated carbocycles. The molecule has 0 bridgehead atoms. The summed E-state index contributed by atoms with van der Waals surface area (Å²) in [5.41, 5.74) is 0. The normalized spacial score (nSPS) is 18.8. The second-order valence-corrected chi connectivity index (χ2v) is 1.72. The minimum atomic E-state index is -4.46. The van der Waals surface area contributed by atoms with Crippen LogP contribution in [0.25, 0.3) is 0 Å². The lowest BCUT2D eigenvalue weighted by Gasteiger charge is -2.15. The number of alkyl halides is 3. The highest BCUT2D eigenvalue weighted by Crippen LogP contribution is 2.25. The maximum Gasteiger partial charge on any atom is 0.502 e. The summed E-state index contributed by atoms with van der Waals surface area (Å²) in [4.78, 5) is 1.09. The van der Waals surface area contributed by atoms with Crippen molar-refractivity contribution in [1.82, 2.24) is 9.91 Å². The molecule has 0 atom stereocenters. The van der Waals surface area contributed by atoms with Crippen LogP contribution in [0.2, 0.25) is 0 Å². The van der Waals surface area contributed by atoms with Crippen molar-refractivity contribution in [2.24, 2.45) is 5.10 Å². The van der Waals surface area contributed by atoms with E-state index in [1.807, 2.05) is 6.67 Å². The van der Waals surface area contributed by atoms with Crippen molar-refractivity contribution in [3.63, 3.8) is 0 Å². The molecule has 3 nitrogen and oxygen atoms in total. The fourth-order valence-corrected chi connectivity index (χ4v) is 0.452. The Labute approximate surface area is 55.7 Å². The Morgan fingerprint density at radius 2 is 2.10 bits per heavy atom. The average Bonchev–Trinajstić information content (AvgIpc) is 2.11. The van der Waals surface area contributed by atoms with Crippen LogP contribution in [0.3, 0.4) is 0 Å². The van der Waals surface area contributed by atoms with Gasteiger partial charge in [-0.15, -0.1) is 13.2 Å². The quantitative estimate of drug-likeness (QED) is 0.474. The molecule has 0 saturated heterocycles. The van der Waals surface area contributed by atoms with Crippen LogP contribution in [0.15, 0.2) is 5.10 Å². The van der Waals surface area contributed by atoms with Crippen LogP contribution in [0.4, 0.5) is 13.2 Å². The van der Waals surface area contributed by atoms with E-state index in [4.69, 9.17) is 0 Å². The van der Waals surface area contributed by atoms with Gasteiger partial charge in [0.05, 0.1) is 0 Å². The van der Waals surface area contributed by atoms with Gasteiger partial charge >= 0.3 is 6.30 Å². The molecule has 1 rings (SSSR count). The average molecular weight is 151 g/mol. The molecule has 0 fully saturated rings. The van der Waals surface area contributed by atoms with Crippen LogP contribution in [0.1, 0.15) is 0 Å².